The fourth-order valence-electron chi connectivity index (χ4n) is 1.84. The Bertz CT molecular complexity index is 637. The molecule has 0 spiro atoms. The molecule has 0 saturated heterocycles. The molecule has 0 aromatic heterocycles. The maximum Gasteiger partial charge on any atom is 0.328 e. The van der Waals surface area contributed by atoms with Gasteiger partial charge >= 0.3 is 12.0 Å². The molecular weight excluding hydrogens is 260 g/mol. The first-order chi connectivity index (χ1) is 9.61. The van der Waals surface area contributed by atoms with E-state index in [0.717, 1.165) is 10.8 Å². The predicted molar refractivity (Wildman–Crippen MR) is 74.6 cm³/mol. The van der Waals surface area contributed by atoms with E-state index in [0.29, 0.717) is 5.69 Å². The number of anilines is 1. The molecule has 6 heteroatoms. The highest BCUT2D eigenvalue weighted by atomic mass is 16.4. The molecule has 0 aliphatic heterocycles. The van der Waals surface area contributed by atoms with Crippen molar-refractivity contribution < 1.29 is 19.8 Å². The molecule has 2 rings (SSSR count). The summed E-state index contributed by atoms with van der Waals surface area (Å²) in [5, 5.41) is 24.2. The molecule has 0 bridgehead atoms. The lowest BCUT2D eigenvalue weighted by atomic mass is 10.1. The highest BCUT2D eigenvalue weighted by Crippen LogP contribution is 2.22. The Morgan fingerprint density at radius 3 is 2.50 bits per heavy atom. The Morgan fingerprint density at radius 2 is 1.80 bits per heavy atom. The van der Waals surface area contributed by atoms with E-state index < -0.39 is 24.6 Å². The average Bonchev–Trinajstić information content (AvgIpc) is 2.45. The zero-order valence-electron chi connectivity index (χ0n) is 10.5. The number of aliphatic carboxylic acids is 1. The van der Waals surface area contributed by atoms with Crippen LogP contribution in [0.15, 0.2) is 42.5 Å². The number of urea groups is 1. The Labute approximate surface area is 115 Å². The van der Waals surface area contributed by atoms with Crippen LogP contribution in [-0.4, -0.2) is 34.9 Å². The molecule has 0 aliphatic carbocycles. The minimum absolute atomic E-state index is 0.572. The van der Waals surface area contributed by atoms with Crippen LogP contribution < -0.4 is 10.6 Å². The van der Waals surface area contributed by atoms with E-state index in [9.17, 15) is 9.59 Å². The van der Waals surface area contributed by atoms with Gasteiger partial charge in [-0.15, -0.1) is 0 Å². The first kappa shape index (κ1) is 13.8. The fraction of sp³-hybridized carbons (Fsp3) is 0.143. The average molecular weight is 274 g/mol. The number of amides is 2. The number of carboxylic acid groups (broad SMARTS) is 1. The van der Waals surface area contributed by atoms with Crippen molar-refractivity contribution in [3.05, 3.63) is 42.5 Å². The standard InChI is InChI=1S/C14H14N2O4/c17-8-12(13(18)19)16-14(20)15-11-7-3-5-9-4-1-2-6-10(9)11/h1-7,12,17H,8H2,(H,18,19)(H2,15,16,20). The maximum atomic E-state index is 11.7. The third kappa shape index (κ3) is 3.04. The first-order valence-corrected chi connectivity index (χ1v) is 6.01. The number of nitrogens with one attached hydrogen (secondary N) is 2. The number of hydrogen-bond donors (Lipinski definition) is 4. The van der Waals surface area contributed by atoms with Crippen LogP contribution in [0.4, 0.5) is 10.5 Å². The van der Waals surface area contributed by atoms with Crippen molar-refractivity contribution in [2.45, 2.75) is 6.04 Å². The van der Waals surface area contributed by atoms with Gasteiger partial charge in [-0.25, -0.2) is 9.59 Å². The second kappa shape index (κ2) is 6.03. The van der Waals surface area contributed by atoms with Crippen LogP contribution >= 0.6 is 0 Å². The van der Waals surface area contributed by atoms with Crippen LogP contribution in [0.25, 0.3) is 10.8 Å². The number of rotatable bonds is 4. The monoisotopic (exact) mass is 274 g/mol. The van der Waals surface area contributed by atoms with Crippen LogP contribution in [0, 0.1) is 0 Å². The highest BCUT2D eigenvalue weighted by molar-refractivity contribution is 6.02. The molecule has 6 nitrogen and oxygen atoms in total. The number of fused-ring (bicyclic) bond motifs is 1. The van der Waals surface area contributed by atoms with Crippen LogP contribution in [0.3, 0.4) is 0 Å². The smallest absolute Gasteiger partial charge is 0.328 e. The van der Waals surface area contributed by atoms with Crippen LogP contribution in [0.5, 0.6) is 0 Å². The summed E-state index contributed by atoms with van der Waals surface area (Å²) < 4.78 is 0. The highest BCUT2D eigenvalue weighted by Gasteiger charge is 2.18. The summed E-state index contributed by atoms with van der Waals surface area (Å²) in [6, 6.07) is 10.9. The van der Waals surface area contributed by atoms with Crippen molar-refractivity contribution in [1.82, 2.24) is 5.32 Å². The Balaban J connectivity index is 2.16. The SMILES string of the molecule is O=C(Nc1cccc2ccccc12)NC(CO)C(=O)O. The minimum Gasteiger partial charge on any atom is -0.480 e. The summed E-state index contributed by atoms with van der Waals surface area (Å²) in [7, 11) is 0. The predicted octanol–water partition coefficient (Wildman–Crippen LogP) is 1.41. The van der Waals surface area contributed by atoms with Crippen molar-refractivity contribution in [2.75, 3.05) is 11.9 Å². The quantitative estimate of drug-likeness (QED) is 0.677. The molecule has 4 N–H and O–H groups in total. The van der Waals surface area contributed by atoms with Gasteiger partial charge in [-0.1, -0.05) is 36.4 Å². The molecular formula is C14H14N2O4. The van der Waals surface area contributed by atoms with Gasteiger partial charge in [0.15, 0.2) is 6.04 Å². The van der Waals surface area contributed by atoms with Crippen LogP contribution in [0.2, 0.25) is 0 Å². The lowest BCUT2D eigenvalue weighted by Crippen LogP contribution is -2.45. The van der Waals surface area contributed by atoms with Crippen molar-refractivity contribution in [2.24, 2.45) is 0 Å². The Kier molecular flexibility index (Phi) is 4.17. The molecule has 0 aliphatic rings. The van der Waals surface area contributed by atoms with Gasteiger partial charge in [0, 0.05) is 5.39 Å². The molecule has 0 saturated carbocycles. The number of aliphatic hydroxyl groups excluding tert-OH is 1. The largest absolute Gasteiger partial charge is 0.480 e. The molecule has 0 radical (unpaired) electrons. The molecule has 0 heterocycles. The summed E-state index contributed by atoms with van der Waals surface area (Å²) in [6.45, 7) is -0.668. The summed E-state index contributed by atoms with van der Waals surface area (Å²) in [6.07, 6.45) is 0. The zero-order valence-corrected chi connectivity index (χ0v) is 10.5. The van der Waals surface area contributed by atoms with Crippen molar-refractivity contribution in [1.29, 1.82) is 0 Å². The van der Waals surface area contributed by atoms with Gasteiger partial charge in [0.25, 0.3) is 0 Å². The second-order valence-electron chi connectivity index (χ2n) is 4.20. The number of benzene rings is 2. The van der Waals surface area contributed by atoms with Gasteiger partial charge in [0.1, 0.15) is 0 Å². The van der Waals surface area contributed by atoms with Gasteiger partial charge in [0.2, 0.25) is 0 Å². The molecule has 2 aromatic rings. The third-order valence-electron chi connectivity index (χ3n) is 2.82. The van der Waals surface area contributed by atoms with Gasteiger partial charge in [-0.05, 0) is 11.5 Å². The van der Waals surface area contributed by atoms with E-state index in [-0.39, 0.29) is 0 Å². The van der Waals surface area contributed by atoms with Crippen LogP contribution in [-0.2, 0) is 4.79 Å². The van der Waals surface area contributed by atoms with Crippen molar-refractivity contribution in [3.63, 3.8) is 0 Å². The lowest BCUT2D eigenvalue weighted by molar-refractivity contribution is -0.140. The molecule has 2 amide bonds. The summed E-state index contributed by atoms with van der Waals surface area (Å²) in [4.78, 5) is 22.5. The van der Waals surface area contributed by atoms with Crippen molar-refractivity contribution in [3.8, 4) is 0 Å². The third-order valence-corrected chi connectivity index (χ3v) is 2.82. The van der Waals surface area contributed by atoms with Gasteiger partial charge in [-0.2, -0.15) is 0 Å². The number of carbonyl (C=O) groups excluding carboxylic acids is 1. The van der Waals surface area contributed by atoms with Crippen molar-refractivity contribution >= 4 is 28.5 Å². The van der Waals surface area contributed by atoms with E-state index in [2.05, 4.69) is 10.6 Å². The van der Waals surface area contributed by atoms with E-state index in [4.69, 9.17) is 10.2 Å². The van der Waals surface area contributed by atoms with Crippen LogP contribution in [0.1, 0.15) is 0 Å². The number of carboxylic acids is 1. The summed E-state index contributed by atoms with van der Waals surface area (Å²) in [5.41, 5.74) is 0.572. The summed E-state index contributed by atoms with van der Waals surface area (Å²) in [5.74, 6) is -1.29. The van der Waals surface area contributed by atoms with E-state index in [1.807, 2.05) is 30.3 Å². The second-order valence-corrected chi connectivity index (χ2v) is 4.20. The van der Waals surface area contributed by atoms with Gasteiger partial charge in [0.05, 0.1) is 12.3 Å². The minimum atomic E-state index is -1.33. The number of aliphatic hydroxyl groups is 1. The molecule has 0 fully saturated rings. The molecule has 104 valence electrons. The molecule has 2 aromatic carbocycles. The zero-order chi connectivity index (χ0) is 14.5. The van der Waals surface area contributed by atoms with E-state index in [1.165, 1.54) is 0 Å². The lowest BCUT2D eigenvalue weighted by Gasteiger charge is -2.13. The number of hydrogen-bond acceptors (Lipinski definition) is 3. The Morgan fingerprint density at radius 1 is 1.10 bits per heavy atom. The maximum absolute atomic E-state index is 11.7. The van der Waals surface area contributed by atoms with E-state index >= 15 is 0 Å². The molecule has 1 atom stereocenters. The van der Waals surface area contributed by atoms with E-state index in [1.54, 1.807) is 12.1 Å². The van der Waals surface area contributed by atoms with Gasteiger partial charge in [-0.3, -0.25) is 0 Å². The van der Waals surface area contributed by atoms with Gasteiger partial charge < -0.3 is 20.8 Å². The fourth-order valence-corrected chi connectivity index (χ4v) is 1.84. The topological polar surface area (TPSA) is 98.7 Å². The molecule has 20 heavy (non-hydrogen) atoms. The molecule has 1 unspecified atom stereocenters. The normalized spacial score (nSPS) is 11.8. The Hall–Kier alpha value is -2.60. The summed E-state index contributed by atoms with van der Waals surface area (Å²) >= 11 is 0. The first-order valence-electron chi connectivity index (χ1n) is 6.01. The number of carbonyl (C=O) groups is 2.